The second-order valence-corrected chi connectivity index (χ2v) is 6.57. The molecule has 2 unspecified atom stereocenters. The van der Waals surface area contributed by atoms with Gasteiger partial charge >= 0.3 is 0 Å². The minimum absolute atomic E-state index is 0.556. The van der Waals surface area contributed by atoms with E-state index in [0.29, 0.717) is 5.41 Å². The predicted molar refractivity (Wildman–Crippen MR) is 80.9 cm³/mol. The summed E-state index contributed by atoms with van der Waals surface area (Å²) in [6.45, 7) is 13.0. The van der Waals surface area contributed by atoms with E-state index in [1.807, 2.05) is 0 Å². The van der Waals surface area contributed by atoms with Crippen LogP contribution in [0.25, 0.3) is 0 Å². The summed E-state index contributed by atoms with van der Waals surface area (Å²) >= 11 is 0. The highest BCUT2D eigenvalue weighted by Gasteiger charge is 2.50. The zero-order valence-electron chi connectivity index (χ0n) is 13.1. The van der Waals surface area contributed by atoms with Gasteiger partial charge in [0.1, 0.15) is 19.4 Å². The van der Waals surface area contributed by atoms with Crippen molar-refractivity contribution in [3.63, 3.8) is 0 Å². The third kappa shape index (κ3) is 3.10. The lowest BCUT2D eigenvalue weighted by molar-refractivity contribution is -0.523. The molecule has 0 heterocycles. The third-order valence-electron chi connectivity index (χ3n) is 5.41. The fourth-order valence-electron chi connectivity index (χ4n) is 3.70. The molecule has 0 aromatic heterocycles. The molecule has 0 spiro atoms. The van der Waals surface area contributed by atoms with Gasteiger partial charge in [-0.3, -0.25) is 0 Å². The molecule has 0 saturated heterocycles. The summed E-state index contributed by atoms with van der Waals surface area (Å²) < 4.78 is 8.09. The SMILES string of the molecule is CC=[N+](CC)CCOCCC1=CCC2CC1C2(C)C. The summed E-state index contributed by atoms with van der Waals surface area (Å²) in [5, 5.41) is 0. The highest BCUT2D eigenvalue weighted by Crippen LogP contribution is 2.59. The van der Waals surface area contributed by atoms with E-state index in [1.54, 1.807) is 5.57 Å². The van der Waals surface area contributed by atoms with Crippen molar-refractivity contribution in [1.82, 2.24) is 0 Å². The second kappa shape index (κ2) is 6.21. The normalized spacial score (nSPS) is 28.8. The third-order valence-corrected chi connectivity index (χ3v) is 5.41. The van der Waals surface area contributed by atoms with E-state index in [1.165, 1.54) is 12.8 Å². The van der Waals surface area contributed by atoms with Crippen molar-refractivity contribution in [2.75, 3.05) is 26.3 Å². The molecule has 0 aliphatic heterocycles. The fraction of sp³-hybridized carbons (Fsp3) is 0.824. The zero-order valence-corrected chi connectivity index (χ0v) is 13.1. The first kappa shape index (κ1) is 14.8. The van der Waals surface area contributed by atoms with Crippen LogP contribution in [-0.4, -0.2) is 37.1 Å². The maximum atomic E-state index is 5.80. The molecule has 19 heavy (non-hydrogen) atoms. The van der Waals surface area contributed by atoms with Crippen LogP contribution in [0.2, 0.25) is 0 Å². The van der Waals surface area contributed by atoms with Gasteiger partial charge in [0.05, 0.1) is 6.61 Å². The molecule has 3 aliphatic rings. The molecule has 0 N–H and O–H groups in total. The molecule has 2 bridgehead atoms. The van der Waals surface area contributed by atoms with Gasteiger partial charge in [-0.1, -0.05) is 25.5 Å². The van der Waals surface area contributed by atoms with Crippen LogP contribution in [0, 0.1) is 17.3 Å². The van der Waals surface area contributed by atoms with Gasteiger partial charge in [-0.2, -0.15) is 0 Å². The first-order valence-electron chi connectivity index (χ1n) is 7.89. The number of ether oxygens (including phenoxy) is 1. The number of nitrogens with zero attached hydrogens (tertiary/aromatic N) is 1. The molecule has 1 fully saturated rings. The predicted octanol–water partition coefficient (Wildman–Crippen LogP) is 3.51. The van der Waals surface area contributed by atoms with Gasteiger partial charge in [0.2, 0.25) is 0 Å². The van der Waals surface area contributed by atoms with Crippen LogP contribution in [-0.2, 0) is 4.74 Å². The average molecular weight is 264 g/mol. The Morgan fingerprint density at radius 2 is 2.21 bits per heavy atom. The molecular weight excluding hydrogens is 234 g/mol. The zero-order chi connectivity index (χ0) is 13.9. The summed E-state index contributed by atoms with van der Waals surface area (Å²) in [6, 6.07) is 0. The highest BCUT2D eigenvalue weighted by molar-refractivity contribution is 5.46. The van der Waals surface area contributed by atoms with Gasteiger partial charge in [0, 0.05) is 6.92 Å². The van der Waals surface area contributed by atoms with Gasteiger partial charge in [-0.05, 0) is 43.4 Å². The molecule has 0 aromatic rings. The summed E-state index contributed by atoms with van der Waals surface area (Å²) in [6.07, 6.45) is 8.50. The van der Waals surface area contributed by atoms with Crippen LogP contribution in [0.15, 0.2) is 11.6 Å². The Morgan fingerprint density at radius 1 is 1.42 bits per heavy atom. The number of hydrogen-bond donors (Lipinski definition) is 0. The number of likely N-dealkylation sites (N-methyl/N-ethyl adjacent to an activating group) is 1. The van der Waals surface area contributed by atoms with Crippen LogP contribution in [0.5, 0.6) is 0 Å². The quantitative estimate of drug-likeness (QED) is 0.297. The Kier molecular flexibility index (Phi) is 4.83. The molecule has 2 atom stereocenters. The van der Waals surface area contributed by atoms with Crippen molar-refractivity contribution in [2.24, 2.45) is 17.3 Å². The number of rotatable bonds is 7. The summed E-state index contributed by atoms with van der Waals surface area (Å²) in [5.74, 6) is 1.78. The molecule has 0 radical (unpaired) electrons. The van der Waals surface area contributed by atoms with E-state index >= 15 is 0 Å². The van der Waals surface area contributed by atoms with Crippen molar-refractivity contribution in [3.05, 3.63) is 11.6 Å². The van der Waals surface area contributed by atoms with Gasteiger partial charge in [0.15, 0.2) is 6.54 Å². The van der Waals surface area contributed by atoms with Crippen LogP contribution in [0.4, 0.5) is 0 Å². The van der Waals surface area contributed by atoms with E-state index in [0.717, 1.165) is 44.6 Å². The Bertz CT molecular complexity index is 367. The lowest BCUT2D eigenvalue weighted by Gasteiger charge is -2.56. The smallest absolute Gasteiger partial charge is 0.165 e. The van der Waals surface area contributed by atoms with Gasteiger partial charge < -0.3 is 4.74 Å². The van der Waals surface area contributed by atoms with Crippen LogP contribution < -0.4 is 0 Å². The van der Waals surface area contributed by atoms with Gasteiger partial charge in [-0.15, -0.1) is 0 Å². The van der Waals surface area contributed by atoms with Crippen molar-refractivity contribution < 1.29 is 9.31 Å². The molecule has 0 aromatic carbocycles. The Balaban J connectivity index is 1.66. The Labute approximate surface area is 118 Å². The first-order chi connectivity index (χ1) is 9.09. The van der Waals surface area contributed by atoms with E-state index in [2.05, 4.69) is 44.6 Å². The number of hydrogen-bond acceptors (Lipinski definition) is 1. The maximum Gasteiger partial charge on any atom is 0.165 e. The first-order valence-corrected chi connectivity index (χ1v) is 7.89. The molecule has 2 nitrogen and oxygen atoms in total. The minimum atomic E-state index is 0.556. The fourth-order valence-corrected chi connectivity index (χ4v) is 3.70. The highest BCUT2D eigenvalue weighted by atomic mass is 16.5. The molecule has 3 aliphatic carbocycles. The summed E-state index contributed by atoms with van der Waals surface area (Å²) in [5.41, 5.74) is 2.22. The van der Waals surface area contributed by atoms with Crippen molar-refractivity contribution in [2.45, 2.75) is 47.0 Å². The number of allylic oxidation sites excluding steroid dienone is 1. The number of fused-ring (bicyclic) bond motifs is 1. The van der Waals surface area contributed by atoms with Gasteiger partial charge in [-0.25, -0.2) is 4.58 Å². The van der Waals surface area contributed by atoms with E-state index in [4.69, 9.17) is 4.74 Å². The monoisotopic (exact) mass is 264 g/mol. The van der Waals surface area contributed by atoms with Crippen molar-refractivity contribution in [1.29, 1.82) is 0 Å². The Hall–Kier alpha value is -0.630. The van der Waals surface area contributed by atoms with E-state index in [-0.39, 0.29) is 0 Å². The topological polar surface area (TPSA) is 12.2 Å². The maximum absolute atomic E-state index is 5.80. The van der Waals surface area contributed by atoms with Crippen molar-refractivity contribution in [3.8, 4) is 0 Å². The lowest BCUT2D eigenvalue weighted by atomic mass is 9.48. The molecule has 2 heteroatoms. The van der Waals surface area contributed by atoms with E-state index < -0.39 is 0 Å². The Morgan fingerprint density at radius 3 is 2.79 bits per heavy atom. The van der Waals surface area contributed by atoms with Crippen molar-refractivity contribution >= 4 is 6.21 Å². The molecule has 108 valence electrons. The van der Waals surface area contributed by atoms with Crippen LogP contribution in [0.1, 0.15) is 47.0 Å². The molecule has 1 saturated carbocycles. The van der Waals surface area contributed by atoms with E-state index in [9.17, 15) is 0 Å². The summed E-state index contributed by atoms with van der Waals surface area (Å²) in [7, 11) is 0. The second-order valence-electron chi connectivity index (χ2n) is 6.57. The average Bonchev–Trinajstić information content (AvgIpc) is 2.43. The lowest BCUT2D eigenvalue weighted by Crippen LogP contribution is -2.48. The molecule has 3 rings (SSSR count). The molecule has 0 amide bonds. The van der Waals surface area contributed by atoms with Gasteiger partial charge in [0.25, 0.3) is 0 Å². The minimum Gasteiger partial charge on any atom is -0.375 e. The largest absolute Gasteiger partial charge is 0.375 e. The summed E-state index contributed by atoms with van der Waals surface area (Å²) in [4.78, 5) is 0. The van der Waals surface area contributed by atoms with Crippen LogP contribution >= 0.6 is 0 Å². The van der Waals surface area contributed by atoms with Crippen LogP contribution in [0.3, 0.4) is 0 Å². The molecular formula is C17H30NO+. The standard InChI is InChI=1S/C17H30NO/c1-5-18(6-2)10-12-19-11-9-14-7-8-15-13-16(14)17(15,3)4/h5,7,15-16H,6,8-13H2,1-4H3/q+1.